The second-order valence-corrected chi connectivity index (χ2v) is 14.1. The van der Waals surface area contributed by atoms with E-state index in [0.29, 0.717) is 0 Å². The first kappa shape index (κ1) is 21.6. The molecule has 0 unspecified atom stereocenters. The Morgan fingerprint density at radius 1 is 0.636 bits per heavy atom. The van der Waals surface area contributed by atoms with Gasteiger partial charge in [0.2, 0.25) is 0 Å². The van der Waals surface area contributed by atoms with Crippen molar-refractivity contribution < 1.29 is 44.8 Å². The van der Waals surface area contributed by atoms with Crippen LogP contribution < -0.4 is 10.6 Å². The summed E-state index contributed by atoms with van der Waals surface area (Å²) in [5, 5.41) is 3.67. The van der Waals surface area contributed by atoms with E-state index in [-0.39, 0.29) is 60.6 Å². The molecular weight excluding hydrogens is 672 g/mol. The molecule has 0 spiro atoms. The molecule has 1 aromatic carbocycles. The summed E-state index contributed by atoms with van der Waals surface area (Å²) < 4.78 is 0. The molecule has 4 heteroatoms. The van der Waals surface area contributed by atoms with Crippen molar-refractivity contribution in [1.29, 1.82) is 0 Å². The van der Waals surface area contributed by atoms with Crippen molar-refractivity contribution in [1.82, 2.24) is 0 Å². The van der Waals surface area contributed by atoms with Crippen molar-refractivity contribution in [2.45, 2.75) is 76.0 Å². The summed E-state index contributed by atoms with van der Waals surface area (Å²) in [4.78, 5) is 0. The van der Waals surface area contributed by atoms with E-state index < -0.39 is 0 Å². The molecule has 2 fully saturated rings. The second-order valence-electron chi connectivity index (χ2n) is 7.22. The van der Waals surface area contributed by atoms with Crippen molar-refractivity contribution in [3.05, 3.63) is 24.3 Å². The fourth-order valence-corrected chi connectivity index (χ4v) is 12.9. The Morgan fingerprint density at radius 2 is 0.909 bits per heavy atom. The van der Waals surface area contributed by atoms with Crippen LogP contribution in [0.25, 0.3) is 0 Å². The van der Waals surface area contributed by atoms with E-state index in [4.69, 9.17) is 0 Å². The van der Waals surface area contributed by atoms with Crippen LogP contribution in [0.1, 0.15) is 53.4 Å². The molecule has 1 aromatic rings. The predicted molar refractivity (Wildman–Crippen MR) is 98.7 cm³/mol. The van der Waals surface area contributed by atoms with Gasteiger partial charge in [-0.15, -0.1) is 0 Å². The quantitative estimate of drug-likeness (QED) is 0.315. The number of hydrogen-bond acceptors (Lipinski definition) is 0. The van der Waals surface area contributed by atoms with E-state index in [2.05, 4.69) is 52.0 Å². The predicted octanol–water partition coefficient (Wildman–Crippen LogP) is 4.50. The van der Waals surface area contributed by atoms with Crippen LogP contribution in [-0.2, 0) is 44.8 Å². The van der Waals surface area contributed by atoms with Gasteiger partial charge in [-0.05, 0) is 65.5 Å². The third kappa shape index (κ3) is 4.20. The van der Waals surface area contributed by atoms with E-state index >= 15 is 0 Å². The number of benzene rings is 1. The van der Waals surface area contributed by atoms with Crippen LogP contribution in [0.5, 0.6) is 0 Å². The minimum absolute atomic E-state index is 0. The molecule has 0 amide bonds. The zero-order chi connectivity index (χ0) is 14.3. The van der Waals surface area contributed by atoms with Gasteiger partial charge < -0.3 is 0 Å². The molecule has 0 aromatic heterocycles. The molecule has 2 aliphatic rings. The van der Waals surface area contributed by atoms with Gasteiger partial charge in [0.25, 0.3) is 0 Å². The summed E-state index contributed by atoms with van der Waals surface area (Å²) in [7, 11) is -0.664. The molecule has 2 radical (unpaired) electrons. The summed E-state index contributed by atoms with van der Waals surface area (Å²) in [6.07, 6.45) is 5.88. The summed E-state index contributed by atoms with van der Waals surface area (Å²) >= 11 is 0. The van der Waals surface area contributed by atoms with Crippen molar-refractivity contribution >= 4 is 26.5 Å². The van der Waals surface area contributed by atoms with Gasteiger partial charge >= 0.3 is 0 Å². The molecule has 2 heterocycles. The number of rotatable bonds is 2. The van der Waals surface area contributed by atoms with E-state index in [1.165, 1.54) is 25.7 Å². The molecular formula is C18H30Au2P2+2. The molecule has 22 heavy (non-hydrogen) atoms. The minimum Gasteiger partial charge on any atom is -0.0581 e. The summed E-state index contributed by atoms with van der Waals surface area (Å²) in [6.45, 7) is 10.1. The third-order valence-corrected chi connectivity index (χ3v) is 13.5. The van der Waals surface area contributed by atoms with Crippen LogP contribution in [0.4, 0.5) is 0 Å². The molecule has 0 nitrogen and oxygen atoms in total. The molecule has 2 aliphatic heterocycles. The van der Waals surface area contributed by atoms with Gasteiger partial charge in [-0.25, -0.2) is 0 Å². The zero-order valence-electron chi connectivity index (χ0n) is 14.1. The van der Waals surface area contributed by atoms with E-state index in [1.54, 1.807) is 0 Å². The standard InChI is InChI=1S/C18H28P2.2Au/c1-13-9-10-14(2)19(13)17-7-5-6-8-18(17)20-15(3)11-12-16(20)4;;/h5-8,13-16H,9-12H2,1-4H3;;/p+2/t13-,14-,15-,16-;;/m0../s1. The molecule has 4 atom stereocenters. The van der Waals surface area contributed by atoms with E-state index in [9.17, 15) is 0 Å². The maximum atomic E-state index is 2.52. The molecule has 2 saturated heterocycles. The fraction of sp³-hybridized carbons (Fsp3) is 0.667. The topological polar surface area (TPSA) is 0 Å². The number of hydrogen-bond donors (Lipinski definition) is 0. The normalized spacial score (nSPS) is 32.5. The summed E-state index contributed by atoms with van der Waals surface area (Å²) in [5.74, 6) is 0. The van der Waals surface area contributed by atoms with E-state index in [0.717, 1.165) is 22.6 Å². The average molecular weight is 702 g/mol. The average Bonchev–Trinajstić information content (AvgIpc) is 2.93. The molecule has 3 rings (SSSR count). The van der Waals surface area contributed by atoms with Crippen molar-refractivity contribution in [2.75, 3.05) is 0 Å². The SMILES string of the molecule is C[C@H]1CC[C@H](C)[PH+]1c1ccccc1[PH+]1[C@@H](C)CC[C@@H]1C.[Au].[Au]. The largest absolute Gasteiger partial charge is 0.133 e. The first-order chi connectivity index (χ1) is 9.59. The van der Waals surface area contributed by atoms with Gasteiger partial charge in [-0.3, -0.25) is 0 Å². The van der Waals surface area contributed by atoms with Crippen molar-refractivity contribution in [2.24, 2.45) is 0 Å². The smallest absolute Gasteiger partial charge is 0.0581 e. The van der Waals surface area contributed by atoms with Gasteiger partial charge in [0, 0.05) is 60.6 Å². The minimum atomic E-state index is -0.332. The second kappa shape index (κ2) is 9.31. The van der Waals surface area contributed by atoms with Gasteiger partial charge in [0.05, 0.1) is 22.6 Å². The van der Waals surface area contributed by atoms with E-state index in [1.807, 2.05) is 10.6 Å². The zero-order valence-corrected chi connectivity index (χ0v) is 20.4. The van der Waals surface area contributed by atoms with Crippen molar-refractivity contribution in [3.63, 3.8) is 0 Å². The Balaban J connectivity index is 0.00000121. The Hall–Kier alpha value is 1.56. The van der Waals surface area contributed by atoms with Crippen LogP contribution in [0.3, 0.4) is 0 Å². The van der Waals surface area contributed by atoms with Gasteiger partial charge in [0.15, 0.2) is 0 Å². The van der Waals surface area contributed by atoms with Gasteiger partial charge in [-0.2, -0.15) is 0 Å². The van der Waals surface area contributed by atoms with Crippen LogP contribution >= 0.6 is 15.8 Å². The Morgan fingerprint density at radius 3 is 1.18 bits per heavy atom. The first-order valence-corrected chi connectivity index (χ1v) is 11.7. The fourth-order valence-electron chi connectivity index (χ4n) is 4.64. The maximum Gasteiger partial charge on any atom is 0.133 e. The third-order valence-electron chi connectivity index (χ3n) is 5.74. The Bertz CT molecular complexity index is 417. The van der Waals surface area contributed by atoms with Crippen LogP contribution in [-0.4, -0.2) is 22.6 Å². The Kier molecular flexibility index (Phi) is 9.14. The van der Waals surface area contributed by atoms with Crippen LogP contribution in [0.2, 0.25) is 0 Å². The van der Waals surface area contributed by atoms with Crippen LogP contribution in [0, 0.1) is 0 Å². The van der Waals surface area contributed by atoms with Crippen LogP contribution in [0.15, 0.2) is 24.3 Å². The molecule has 0 saturated carbocycles. The maximum absolute atomic E-state index is 2.52. The monoisotopic (exact) mass is 702 g/mol. The molecule has 0 aliphatic carbocycles. The first-order valence-electron chi connectivity index (χ1n) is 8.42. The molecule has 0 N–H and O–H groups in total. The Labute approximate surface area is 170 Å². The van der Waals surface area contributed by atoms with Gasteiger partial charge in [0.1, 0.15) is 10.6 Å². The van der Waals surface area contributed by atoms with Gasteiger partial charge in [-0.1, -0.05) is 12.1 Å². The molecule has 132 valence electrons. The van der Waals surface area contributed by atoms with Crippen molar-refractivity contribution in [3.8, 4) is 0 Å². The molecule has 0 bridgehead atoms. The summed E-state index contributed by atoms with van der Waals surface area (Å²) in [6, 6.07) is 9.64. The summed E-state index contributed by atoms with van der Waals surface area (Å²) in [5.41, 5.74) is 3.91.